The number of imide groups is 1. The molecule has 0 saturated carbocycles. The number of benzene rings is 2. The van der Waals surface area contributed by atoms with E-state index >= 15 is 0 Å². The number of aromatic nitrogens is 1. The van der Waals surface area contributed by atoms with Crippen molar-refractivity contribution < 1.29 is 14.0 Å². The zero-order chi connectivity index (χ0) is 22.0. The first-order chi connectivity index (χ1) is 15.0. The molecule has 0 unspecified atom stereocenters. The van der Waals surface area contributed by atoms with Crippen molar-refractivity contribution in [3.05, 3.63) is 93.9 Å². The molecule has 31 heavy (non-hydrogen) atoms. The largest absolute Gasteiger partial charge is 0.315 e. The van der Waals surface area contributed by atoms with Crippen LogP contribution in [-0.4, -0.2) is 27.2 Å². The maximum Gasteiger partial charge on any atom is 0.293 e. The summed E-state index contributed by atoms with van der Waals surface area (Å²) >= 11 is 0.961. The van der Waals surface area contributed by atoms with Crippen LogP contribution in [0.1, 0.15) is 28.9 Å². The second-order valence-electron chi connectivity index (χ2n) is 7.54. The lowest BCUT2D eigenvalue weighted by Crippen LogP contribution is -2.29. The fraction of sp³-hybridized carbons (Fsp3) is 0.200. The summed E-state index contributed by atoms with van der Waals surface area (Å²) < 4.78 is 16.1. The third-order valence-corrected chi connectivity index (χ3v) is 6.32. The monoisotopic (exact) mass is 434 g/mol. The number of carbonyl (C=O) groups is 2. The van der Waals surface area contributed by atoms with Gasteiger partial charge in [-0.05, 0) is 73.9 Å². The molecule has 0 spiro atoms. The molecule has 4 nitrogen and oxygen atoms in total. The van der Waals surface area contributed by atoms with Gasteiger partial charge in [0.1, 0.15) is 5.82 Å². The Labute approximate surface area is 185 Å². The van der Waals surface area contributed by atoms with Gasteiger partial charge in [-0.1, -0.05) is 42.5 Å². The van der Waals surface area contributed by atoms with Gasteiger partial charge < -0.3 is 4.57 Å². The van der Waals surface area contributed by atoms with Gasteiger partial charge in [-0.2, -0.15) is 0 Å². The van der Waals surface area contributed by atoms with Crippen LogP contribution >= 0.6 is 11.8 Å². The first-order valence-corrected chi connectivity index (χ1v) is 11.0. The lowest BCUT2D eigenvalue weighted by atomic mass is 10.1. The maximum atomic E-state index is 14.3. The maximum absolute atomic E-state index is 14.3. The molecular weight excluding hydrogens is 411 g/mol. The minimum absolute atomic E-state index is 0.243. The van der Waals surface area contributed by atoms with Crippen molar-refractivity contribution in [3.8, 4) is 5.69 Å². The molecule has 1 fully saturated rings. The van der Waals surface area contributed by atoms with Crippen LogP contribution in [0.3, 0.4) is 0 Å². The molecular formula is C25H23FN2O2S. The van der Waals surface area contributed by atoms with Crippen LogP contribution in [0.4, 0.5) is 9.18 Å². The van der Waals surface area contributed by atoms with Gasteiger partial charge in [0.25, 0.3) is 11.1 Å². The first kappa shape index (κ1) is 21.1. The van der Waals surface area contributed by atoms with E-state index in [2.05, 4.69) is 0 Å². The van der Waals surface area contributed by atoms with Crippen LogP contribution in [0.25, 0.3) is 11.8 Å². The Bertz CT molecular complexity index is 1170. The Morgan fingerprint density at radius 1 is 1.00 bits per heavy atom. The number of halogens is 1. The van der Waals surface area contributed by atoms with Crippen molar-refractivity contribution >= 4 is 29.0 Å². The molecule has 6 heteroatoms. The lowest BCUT2D eigenvalue weighted by Gasteiger charge is -2.12. The van der Waals surface area contributed by atoms with E-state index in [0.717, 1.165) is 41.6 Å². The second kappa shape index (κ2) is 8.94. The Hall–Kier alpha value is -3.12. The number of aryl methyl sites for hydroxylation is 2. The first-order valence-electron chi connectivity index (χ1n) is 10.2. The number of para-hydroxylation sites is 1. The van der Waals surface area contributed by atoms with Crippen molar-refractivity contribution in [2.24, 2.45) is 0 Å². The minimum Gasteiger partial charge on any atom is -0.315 e. The Kier molecular flexibility index (Phi) is 6.09. The molecule has 0 N–H and O–H groups in total. The van der Waals surface area contributed by atoms with Crippen molar-refractivity contribution in [1.82, 2.24) is 9.47 Å². The van der Waals surface area contributed by atoms with Gasteiger partial charge in [0, 0.05) is 17.9 Å². The fourth-order valence-electron chi connectivity index (χ4n) is 3.86. The smallest absolute Gasteiger partial charge is 0.293 e. The van der Waals surface area contributed by atoms with Crippen molar-refractivity contribution in [1.29, 1.82) is 0 Å². The average Bonchev–Trinajstić information content (AvgIpc) is 3.18. The molecule has 158 valence electrons. The van der Waals surface area contributed by atoms with E-state index in [1.54, 1.807) is 24.3 Å². The predicted molar refractivity (Wildman–Crippen MR) is 123 cm³/mol. The molecule has 0 radical (unpaired) electrons. The zero-order valence-corrected chi connectivity index (χ0v) is 18.3. The highest BCUT2D eigenvalue weighted by Crippen LogP contribution is 2.34. The number of amides is 2. The van der Waals surface area contributed by atoms with Gasteiger partial charge in [0.15, 0.2) is 0 Å². The van der Waals surface area contributed by atoms with Crippen LogP contribution < -0.4 is 0 Å². The molecule has 0 atom stereocenters. The van der Waals surface area contributed by atoms with Gasteiger partial charge >= 0.3 is 0 Å². The molecule has 0 aliphatic carbocycles. The van der Waals surface area contributed by atoms with E-state index in [-0.39, 0.29) is 17.0 Å². The average molecular weight is 435 g/mol. The normalized spacial score (nSPS) is 15.3. The fourth-order valence-corrected chi connectivity index (χ4v) is 4.71. The van der Waals surface area contributed by atoms with Crippen molar-refractivity contribution in [2.75, 3.05) is 6.54 Å². The molecule has 3 aromatic rings. The number of thioether (sulfide) groups is 1. The third-order valence-electron chi connectivity index (χ3n) is 5.41. The second-order valence-corrected chi connectivity index (χ2v) is 8.53. The summed E-state index contributed by atoms with van der Waals surface area (Å²) in [5.41, 5.74) is 4.13. The summed E-state index contributed by atoms with van der Waals surface area (Å²) in [6, 6.07) is 18.5. The van der Waals surface area contributed by atoms with Gasteiger partial charge in [-0.25, -0.2) is 4.39 Å². The summed E-state index contributed by atoms with van der Waals surface area (Å²) in [7, 11) is 0. The predicted octanol–water partition coefficient (Wildman–Crippen LogP) is 5.90. The Morgan fingerprint density at radius 3 is 2.45 bits per heavy atom. The number of hydrogen-bond donors (Lipinski definition) is 0. The summed E-state index contributed by atoms with van der Waals surface area (Å²) in [5.74, 6) is -0.576. The molecule has 0 bridgehead atoms. The van der Waals surface area contributed by atoms with E-state index in [1.807, 2.05) is 54.8 Å². The van der Waals surface area contributed by atoms with Crippen LogP contribution in [0.2, 0.25) is 0 Å². The summed E-state index contributed by atoms with van der Waals surface area (Å²) in [4.78, 5) is 27.0. The molecule has 4 rings (SSSR count). The Balaban J connectivity index is 1.52. The number of carbonyl (C=O) groups excluding carboxylic acids is 2. The quantitative estimate of drug-likeness (QED) is 0.454. The summed E-state index contributed by atoms with van der Waals surface area (Å²) in [6.45, 7) is 4.17. The summed E-state index contributed by atoms with van der Waals surface area (Å²) in [5, 5.41) is -0.243. The van der Waals surface area contributed by atoms with E-state index < -0.39 is 0 Å². The molecule has 2 heterocycles. The number of rotatable bonds is 6. The van der Waals surface area contributed by atoms with Crippen LogP contribution in [0.5, 0.6) is 0 Å². The molecule has 1 saturated heterocycles. The van der Waals surface area contributed by atoms with Gasteiger partial charge in [-0.3, -0.25) is 14.5 Å². The molecule has 2 amide bonds. The molecule has 2 aromatic carbocycles. The van der Waals surface area contributed by atoms with Crippen molar-refractivity contribution in [3.63, 3.8) is 0 Å². The zero-order valence-electron chi connectivity index (χ0n) is 17.5. The van der Waals surface area contributed by atoms with Gasteiger partial charge in [0.05, 0.1) is 10.6 Å². The van der Waals surface area contributed by atoms with Crippen molar-refractivity contribution in [2.45, 2.75) is 26.7 Å². The van der Waals surface area contributed by atoms with E-state index in [1.165, 1.54) is 16.5 Å². The van der Waals surface area contributed by atoms with Crippen LogP contribution in [0.15, 0.2) is 65.6 Å². The molecule has 1 aliphatic heterocycles. The molecule has 1 aliphatic rings. The van der Waals surface area contributed by atoms with E-state index in [0.29, 0.717) is 17.1 Å². The van der Waals surface area contributed by atoms with Gasteiger partial charge in [0.2, 0.25) is 0 Å². The number of hydrogen-bond acceptors (Lipinski definition) is 3. The minimum atomic E-state index is -0.311. The summed E-state index contributed by atoms with van der Waals surface area (Å²) in [6.07, 6.45) is 3.27. The van der Waals surface area contributed by atoms with E-state index in [4.69, 9.17) is 0 Å². The lowest BCUT2D eigenvalue weighted by molar-refractivity contribution is -0.122. The van der Waals surface area contributed by atoms with E-state index in [9.17, 15) is 14.0 Å². The number of nitrogens with zero attached hydrogens (tertiary/aromatic N) is 2. The SMILES string of the molecule is Cc1cc(/C=C2/SC(=O)N(CCCc3ccccc3)C2=O)c(C)n1-c1ccccc1F. The highest BCUT2D eigenvalue weighted by atomic mass is 32.2. The highest BCUT2D eigenvalue weighted by molar-refractivity contribution is 8.18. The van der Waals surface area contributed by atoms with Gasteiger partial charge in [-0.15, -0.1) is 0 Å². The third kappa shape index (κ3) is 4.35. The topological polar surface area (TPSA) is 42.3 Å². The van der Waals surface area contributed by atoms with Crippen LogP contribution in [0, 0.1) is 19.7 Å². The standard InChI is InChI=1S/C25H23FN2O2S/c1-17-15-20(18(2)28(17)22-13-7-6-12-21(22)26)16-23-24(29)27(25(30)31-23)14-8-11-19-9-4-3-5-10-19/h3-7,9-10,12-13,15-16H,8,11,14H2,1-2H3/b23-16+. The van der Waals surface area contributed by atoms with Crippen LogP contribution in [-0.2, 0) is 11.2 Å². The molecule has 1 aromatic heterocycles. The Morgan fingerprint density at radius 2 is 1.71 bits per heavy atom. The highest BCUT2D eigenvalue weighted by Gasteiger charge is 2.34.